The molecule has 3 aliphatic rings. The van der Waals surface area contributed by atoms with E-state index in [4.69, 9.17) is 31.2 Å². The van der Waals surface area contributed by atoms with Crippen LogP contribution in [0.4, 0.5) is 5.69 Å². The zero-order chi connectivity index (χ0) is 48.1. The molecule has 1 aromatic carbocycles. The van der Waals surface area contributed by atoms with E-state index in [1.165, 1.54) is 6.92 Å². The number of hydrogen-bond donors (Lipinski definition) is 7. The summed E-state index contributed by atoms with van der Waals surface area (Å²) in [6.45, 7) is 20.1. The highest BCUT2D eigenvalue weighted by Crippen LogP contribution is 2.47. The minimum atomic E-state index is -1.81. The smallest absolute Gasteiger partial charge is 0.309 e. The first-order valence-electron chi connectivity index (χ1n) is 23.5. The number of aliphatic hydroxyl groups is 5. The Bertz CT molecular complexity index is 1650. The number of ether oxygens (including phenoxy) is 4. The molecule has 3 fully saturated rings. The molecule has 3 saturated heterocycles. The predicted molar refractivity (Wildman–Crippen MR) is 258 cm³/mol. The second-order valence-electron chi connectivity index (χ2n) is 20.5. The van der Waals surface area contributed by atoms with Crippen molar-refractivity contribution in [2.45, 2.75) is 185 Å². The lowest BCUT2D eigenvalue weighted by Crippen LogP contribution is -2.60. The number of methoxy groups -OCH3 is 1. The van der Waals surface area contributed by atoms with Gasteiger partial charge in [0.2, 0.25) is 0 Å². The van der Waals surface area contributed by atoms with Gasteiger partial charge in [-0.1, -0.05) is 50.5 Å². The first-order valence-corrected chi connectivity index (χ1v) is 24.7. The van der Waals surface area contributed by atoms with Crippen LogP contribution in [0.15, 0.2) is 28.7 Å². The molecule has 0 aromatic heterocycles. The molecule has 368 valence electrons. The van der Waals surface area contributed by atoms with Gasteiger partial charge in [0.1, 0.15) is 23.9 Å². The minimum absolute atomic E-state index is 0.114. The van der Waals surface area contributed by atoms with Gasteiger partial charge in [0, 0.05) is 61.8 Å². The molecular weight excluding hydrogens is 905 g/mol. The van der Waals surface area contributed by atoms with E-state index in [-0.39, 0.29) is 49.2 Å². The molecule has 0 bridgehead atoms. The van der Waals surface area contributed by atoms with Crippen molar-refractivity contribution in [2.75, 3.05) is 46.2 Å². The van der Waals surface area contributed by atoms with Crippen LogP contribution in [0.1, 0.15) is 108 Å². The first kappa shape index (κ1) is 55.1. The SMILES string of the molecule is CC[C@@H]1OC(=O)[C@H](C)[C@H](C)[C@@H](C)[C@H](C[C@@H]2C[C@@](C)(OC)[C@H](O)[C@H](C)O2)[C@@](O)(C[C@@H]2O[C@H](C)C[C@H](N(C)C)[C@@H]2O)C[C@H](C)CN(CCNC(=S)Nc2ccc(Br)cc2)[C@H](C)[C@@H](O)[C@]1(C)O. The van der Waals surface area contributed by atoms with Crippen molar-refractivity contribution in [3.63, 3.8) is 0 Å². The third-order valence-electron chi connectivity index (χ3n) is 15.3. The number of likely N-dealkylation sites (N-methyl/N-ethyl adjacent to an activating group) is 1. The van der Waals surface area contributed by atoms with Crippen molar-refractivity contribution in [1.29, 1.82) is 0 Å². The number of nitrogens with one attached hydrogen (secondary N) is 2. The summed E-state index contributed by atoms with van der Waals surface area (Å²) in [6, 6.07) is 6.84. The summed E-state index contributed by atoms with van der Waals surface area (Å²) in [5.41, 5.74) is -3.37. The minimum Gasteiger partial charge on any atom is -0.459 e. The number of benzene rings is 1. The number of rotatable bonds is 11. The van der Waals surface area contributed by atoms with Crippen LogP contribution in [0.5, 0.6) is 0 Å². The molecular formula is C48H83BrN4O10S. The van der Waals surface area contributed by atoms with E-state index in [2.05, 4.69) is 45.3 Å². The van der Waals surface area contributed by atoms with Gasteiger partial charge in [0.15, 0.2) is 5.11 Å². The fourth-order valence-corrected chi connectivity index (χ4v) is 11.4. The number of carbonyl (C=O) groups is 1. The van der Waals surface area contributed by atoms with E-state index in [0.29, 0.717) is 44.0 Å². The number of anilines is 1. The topological polar surface area (TPSA) is 186 Å². The van der Waals surface area contributed by atoms with Gasteiger partial charge in [-0.15, -0.1) is 0 Å². The van der Waals surface area contributed by atoms with Crippen molar-refractivity contribution >= 4 is 44.9 Å². The maximum atomic E-state index is 14.2. The molecule has 14 nitrogen and oxygen atoms in total. The number of carbonyl (C=O) groups excluding carboxylic acids is 1. The van der Waals surface area contributed by atoms with Gasteiger partial charge >= 0.3 is 5.97 Å². The molecule has 3 aliphatic heterocycles. The average Bonchev–Trinajstić information content (AvgIpc) is 3.23. The predicted octanol–water partition coefficient (Wildman–Crippen LogP) is 5.35. The third kappa shape index (κ3) is 13.4. The van der Waals surface area contributed by atoms with Crippen LogP contribution < -0.4 is 10.6 Å². The second kappa shape index (κ2) is 23.2. The molecule has 0 aliphatic carbocycles. The summed E-state index contributed by atoms with van der Waals surface area (Å²) < 4.78 is 26.1. The van der Waals surface area contributed by atoms with Crippen LogP contribution in [0, 0.1) is 29.6 Å². The Kier molecular flexibility index (Phi) is 19.9. The standard InChI is InChI=1S/C48H83BrN4O10S/c1-14-40-47(10,58)42(55)32(7)53(20-19-50-45(64)51-35-17-15-34(49)16-18-35)26-27(2)23-48(59,25-39-41(54)38(52(11)12)21-28(3)61-39)37(30(5)29(4)31(6)44(57)63-40)22-36-24-46(9,60-13)43(56)33(8)62-36/h15-18,27-33,36-43,54-56,58-59H,14,19-26H2,1-13H3,(H2,50,51,64)/t27-,28+,29+,30+,31+,32+,33-,36+,37-,38-,39-,40-,41-,42+,43+,46+,47+,48-/m0/s1. The van der Waals surface area contributed by atoms with Gasteiger partial charge in [-0.25, -0.2) is 0 Å². The maximum Gasteiger partial charge on any atom is 0.309 e. The lowest BCUT2D eigenvalue weighted by atomic mass is 9.63. The van der Waals surface area contributed by atoms with Crippen molar-refractivity contribution < 1.29 is 49.3 Å². The molecule has 64 heavy (non-hydrogen) atoms. The molecule has 18 atom stereocenters. The fraction of sp³-hybridized carbons (Fsp3) is 0.833. The van der Waals surface area contributed by atoms with Crippen LogP contribution >= 0.6 is 28.1 Å². The lowest BCUT2D eigenvalue weighted by molar-refractivity contribution is -0.226. The summed E-state index contributed by atoms with van der Waals surface area (Å²) in [7, 11) is 5.49. The molecule has 1 aromatic rings. The number of cyclic esters (lactones) is 1. The first-order chi connectivity index (χ1) is 29.8. The fourth-order valence-electron chi connectivity index (χ4n) is 11.0. The summed E-state index contributed by atoms with van der Waals surface area (Å²) in [6.07, 6.45) is -3.90. The van der Waals surface area contributed by atoms with Crippen molar-refractivity contribution in [3.05, 3.63) is 28.7 Å². The van der Waals surface area contributed by atoms with Gasteiger partial charge in [-0.3, -0.25) is 9.69 Å². The summed E-state index contributed by atoms with van der Waals surface area (Å²) >= 11 is 9.12. The van der Waals surface area contributed by atoms with Gasteiger partial charge < -0.3 is 60.0 Å². The molecule has 16 heteroatoms. The quantitative estimate of drug-likeness (QED) is 0.111. The van der Waals surface area contributed by atoms with Gasteiger partial charge in [0.25, 0.3) is 0 Å². The molecule has 7 N–H and O–H groups in total. The van der Waals surface area contributed by atoms with E-state index in [9.17, 15) is 30.3 Å². The largest absolute Gasteiger partial charge is 0.459 e. The number of thiocarbonyl (C=S) groups is 1. The number of halogens is 1. The van der Waals surface area contributed by atoms with Crippen LogP contribution in [0.25, 0.3) is 0 Å². The summed E-state index contributed by atoms with van der Waals surface area (Å²) in [5, 5.41) is 68.1. The van der Waals surface area contributed by atoms with Crippen LogP contribution in [0.3, 0.4) is 0 Å². The summed E-state index contributed by atoms with van der Waals surface area (Å²) in [4.78, 5) is 18.3. The van der Waals surface area contributed by atoms with Crippen LogP contribution in [0.2, 0.25) is 0 Å². The normalized spacial score (nSPS) is 42.3. The summed E-state index contributed by atoms with van der Waals surface area (Å²) in [5.74, 6) is -2.51. The molecule has 0 amide bonds. The van der Waals surface area contributed by atoms with E-state index in [1.807, 2.05) is 91.7 Å². The number of nitrogens with zero attached hydrogens (tertiary/aromatic N) is 2. The molecule has 0 unspecified atom stereocenters. The number of esters is 1. The number of hydrogen-bond acceptors (Lipinski definition) is 13. The maximum absolute atomic E-state index is 14.2. The van der Waals surface area contributed by atoms with Gasteiger partial charge in [-0.05, 0) is 135 Å². The number of aliphatic hydroxyl groups excluding tert-OH is 3. The Morgan fingerprint density at radius 1 is 0.984 bits per heavy atom. The van der Waals surface area contributed by atoms with E-state index in [0.717, 1.165) is 10.2 Å². The molecule has 4 rings (SSSR count). The average molecular weight is 988 g/mol. The Morgan fingerprint density at radius 2 is 1.62 bits per heavy atom. The van der Waals surface area contributed by atoms with Gasteiger partial charge in [-0.2, -0.15) is 0 Å². The zero-order valence-electron chi connectivity index (χ0n) is 40.8. The molecule has 3 heterocycles. The Balaban J connectivity index is 1.82. The Morgan fingerprint density at radius 3 is 2.22 bits per heavy atom. The highest BCUT2D eigenvalue weighted by molar-refractivity contribution is 9.10. The molecule has 0 spiro atoms. The van der Waals surface area contributed by atoms with Crippen molar-refractivity contribution in [1.82, 2.24) is 15.1 Å². The highest BCUT2D eigenvalue weighted by Gasteiger charge is 2.53. The van der Waals surface area contributed by atoms with E-state index >= 15 is 0 Å². The Hall–Kier alpha value is -1.54. The molecule has 0 radical (unpaired) electrons. The van der Waals surface area contributed by atoms with Crippen LogP contribution in [-0.4, -0.2) is 165 Å². The van der Waals surface area contributed by atoms with E-state index in [1.54, 1.807) is 7.11 Å². The van der Waals surface area contributed by atoms with Crippen molar-refractivity contribution in [2.24, 2.45) is 29.6 Å². The van der Waals surface area contributed by atoms with Crippen molar-refractivity contribution in [3.8, 4) is 0 Å². The lowest BCUT2D eigenvalue weighted by Gasteiger charge is -2.51. The third-order valence-corrected chi connectivity index (χ3v) is 16.1. The van der Waals surface area contributed by atoms with E-state index < -0.39 is 83.4 Å². The highest BCUT2D eigenvalue weighted by atomic mass is 79.9. The second-order valence-corrected chi connectivity index (χ2v) is 21.8. The van der Waals surface area contributed by atoms with Gasteiger partial charge in [0.05, 0.1) is 47.6 Å². The monoisotopic (exact) mass is 987 g/mol. The molecule has 0 saturated carbocycles. The Labute approximate surface area is 397 Å². The van der Waals surface area contributed by atoms with Crippen LogP contribution in [-0.2, 0) is 23.7 Å². The zero-order valence-corrected chi connectivity index (χ0v) is 43.2.